The summed E-state index contributed by atoms with van der Waals surface area (Å²) in [6.45, 7) is 1.91. The predicted octanol–water partition coefficient (Wildman–Crippen LogP) is 3.08. The number of nitrogens with zero attached hydrogens (tertiary/aromatic N) is 1. The van der Waals surface area contributed by atoms with E-state index in [-0.39, 0.29) is 19.1 Å². The third-order valence-electron chi connectivity index (χ3n) is 4.55. The Morgan fingerprint density at radius 2 is 1.82 bits per heavy atom. The molecule has 146 valence electrons. The normalized spacial score (nSPS) is 18.8. The van der Waals surface area contributed by atoms with Crippen molar-refractivity contribution in [3.05, 3.63) is 64.1 Å². The number of urea groups is 1. The van der Waals surface area contributed by atoms with Crippen molar-refractivity contribution >= 4 is 33.8 Å². The molecule has 28 heavy (non-hydrogen) atoms. The van der Waals surface area contributed by atoms with Crippen molar-refractivity contribution in [1.29, 1.82) is 0 Å². The maximum absolute atomic E-state index is 12.9. The highest BCUT2D eigenvalue weighted by molar-refractivity contribution is 9.10. The summed E-state index contributed by atoms with van der Waals surface area (Å²) in [7, 11) is 1.31. The molecule has 0 bridgehead atoms. The van der Waals surface area contributed by atoms with E-state index in [1.807, 2.05) is 18.2 Å². The van der Waals surface area contributed by atoms with Gasteiger partial charge in [0.25, 0.3) is 5.91 Å². The SMILES string of the molecule is COC(=O)c1ccc(OCCN2C(=O)NC(C)(c3ccccc3Br)C2=O)cc1. The van der Waals surface area contributed by atoms with Gasteiger partial charge in [0.05, 0.1) is 19.2 Å². The molecule has 2 aromatic carbocycles. The largest absolute Gasteiger partial charge is 0.492 e. The van der Waals surface area contributed by atoms with Crippen molar-refractivity contribution in [3.63, 3.8) is 0 Å². The molecule has 0 spiro atoms. The van der Waals surface area contributed by atoms with Gasteiger partial charge in [-0.05, 0) is 37.3 Å². The molecule has 1 N–H and O–H groups in total. The molecule has 1 heterocycles. The lowest BCUT2D eigenvalue weighted by Crippen LogP contribution is -2.41. The summed E-state index contributed by atoms with van der Waals surface area (Å²) < 4.78 is 11.0. The number of imide groups is 1. The number of carbonyl (C=O) groups is 3. The van der Waals surface area contributed by atoms with E-state index in [1.165, 1.54) is 7.11 Å². The van der Waals surface area contributed by atoms with E-state index in [4.69, 9.17) is 4.74 Å². The van der Waals surface area contributed by atoms with Gasteiger partial charge in [0.2, 0.25) is 0 Å². The Bertz CT molecular complexity index is 915. The average Bonchev–Trinajstić information content (AvgIpc) is 2.92. The molecule has 1 saturated heterocycles. The number of halogens is 1. The fourth-order valence-corrected chi connectivity index (χ4v) is 3.69. The minimum Gasteiger partial charge on any atom is -0.492 e. The summed E-state index contributed by atoms with van der Waals surface area (Å²) >= 11 is 3.43. The van der Waals surface area contributed by atoms with Crippen LogP contribution < -0.4 is 10.1 Å². The second kappa shape index (κ2) is 8.02. The highest BCUT2D eigenvalue weighted by Gasteiger charge is 2.49. The van der Waals surface area contributed by atoms with Gasteiger partial charge in [-0.3, -0.25) is 9.69 Å². The van der Waals surface area contributed by atoms with Crippen LogP contribution in [0.25, 0.3) is 0 Å². The Hall–Kier alpha value is -2.87. The summed E-state index contributed by atoms with van der Waals surface area (Å²) in [5.74, 6) is -0.250. The third kappa shape index (κ3) is 3.73. The fraction of sp³-hybridized carbons (Fsp3) is 0.250. The molecule has 0 aromatic heterocycles. The van der Waals surface area contributed by atoms with E-state index in [1.54, 1.807) is 37.3 Å². The minimum atomic E-state index is -1.14. The van der Waals surface area contributed by atoms with Crippen LogP contribution in [-0.2, 0) is 15.1 Å². The number of nitrogens with one attached hydrogen (secondary N) is 1. The van der Waals surface area contributed by atoms with Gasteiger partial charge in [0.1, 0.15) is 17.9 Å². The zero-order valence-corrected chi connectivity index (χ0v) is 17.0. The zero-order chi connectivity index (χ0) is 20.3. The molecule has 0 saturated carbocycles. The van der Waals surface area contributed by atoms with Crippen molar-refractivity contribution in [3.8, 4) is 5.75 Å². The van der Waals surface area contributed by atoms with Crippen LogP contribution in [0.3, 0.4) is 0 Å². The average molecular weight is 447 g/mol. The smallest absolute Gasteiger partial charge is 0.337 e. The molecule has 3 amide bonds. The van der Waals surface area contributed by atoms with E-state index in [0.29, 0.717) is 16.9 Å². The van der Waals surface area contributed by atoms with Crippen molar-refractivity contribution in [2.24, 2.45) is 0 Å². The Morgan fingerprint density at radius 1 is 1.14 bits per heavy atom. The summed E-state index contributed by atoms with van der Waals surface area (Å²) in [6.07, 6.45) is 0. The quantitative estimate of drug-likeness (QED) is 0.544. The topological polar surface area (TPSA) is 84.9 Å². The van der Waals surface area contributed by atoms with E-state index in [0.717, 1.165) is 9.37 Å². The molecule has 3 rings (SSSR count). The van der Waals surface area contributed by atoms with E-state index >= 15 is 0 Å². The Kier molecular flexibility index (Phi) is 5.69. The molecule has 1 fully saturated rings. The van der Waals surface area contributed by atoms with Gasteiger partial charge in [0, 0.05) is 10.0 Å². The number of rotatable bonds is 6. The molecule has 1 aliphatic rings. The summed E-state index contributed by atoms with van der Waals surface area (Å²) in [6, 6.07) is 13.2. The number of hydrogen-bond acceptors (Lipinski definition) is 5. The predicted molar refractivity (Wildman–Crippen MR) is 105 cm³/mol. The molecular weight excluding hydrogens is 428 g/mol. The van der Waals surface area contributed by atoms with Gasteiger partial charge in [-0.15, -0.1) is 0 Å². The van der Waals surface area contributed by atoms with Crippen molar-refractivity contribution in [2.45, 2.75) is 12.5 Å². The van der Waals surface area contributed by atoms with Gasteiger partial charge in [-0.2, -0.15) is 0 Å². The minimum absolute atomic E-state index is 0.101. The molecule has 0 radical (unpaired) electrons. The van der Waals surface area contributed by atoms with Crippen LogP contribution in [0.2, 0.25) is 0 Å². The van der Waals surface area contributed by atoms with Crippen LogP contribution in [0.1, 0.15) is 22.8 Å². The summed E-state index contributed by atoms with van der Waals surface area (Å²) in [5.41, 5.74) is -0.0392. The standard InChI is InChI=1S/C20H19BrN2O5/c1-20(15-5-3-4-6-16(15)21)18(25)23(19(26)22-20)11-12-28-14-9-7-13(8-10-14)17(24)27-2/h3-10H,11-12H2,1-2H3,(H,22,26). The molecule has 7 nitrogen and oxygen atoms in total. The maximum atomic E-state index is 12.9. The Balaban J connectivity index is 1.64. The first kappa shape index (κ1) is 19.9. The highest BCUT2D eigenvalue weighted by atomic mass is 79.9. The van der Waals surface area contributed by atoms with E-state index < -0.39 is 17.5 Å². The van der Waals surface area contributed by atoms with E-state index in [9.17, 15) is 14.4 Å². The van der Waals surface area contributed by atoms with E-state index in [2.05, 4.69) is 26.0 Å². The molecule has 1 unspecified atom stereocenters. The number of carbonyl (C=O) groups excluding carboxylic acids is 3. The second-order valence-electron chi connectivity index (χ2n) is 6.36. The number of hydrogen-bond donors (Lipinski definition) is 1. The molecule has 2 aromatic rings. The lowest BCUT2D eigenvalue weighted by molar-refractivity contribution is -0.131. The molecular formula is C20H19BrN2O5. The first-order chi connectivity index (χ1) is 13.4. The van der Waals surface area contributed by atoms with Crippen LogP contribution in [0.4, 0.5) is 4.79 Å². The van der Waals surface area contributed by atoms with Gasteiger partial charge in [0.15, 0.2) is 0 Å². The Morgan fingerprint density at radius 3 is 2.46 bits per heavy atom. The maximum Gasteiger partial charge on any atom is 0.337 e. The summed E-state index contributed by atoms with van der Waals surface area (Å²) in [5, 5.41) is 2.76. The number of benzene rings is 2. The zero-order valence-electron chi connectivity index (χ0n) is 15.4. The fourth-order valence-electron chi connectivity index (χ4n) is 3.01. The van der Waals surface area contributed by atoms with Crippen molar-refractivity contribution in [1.82, 2.24) is 10.2 Å². The summed E-state index contributed by atoms with van der Waals surface area (Å²) in [4.78, 5) is 37.8. The van der Waals surface area contributed by atoms with Crippen LogP contribution in [-0.4, -0.2) is 43.1 Å². The molecule has 1 aliphatic heterocycles. The molecule has 0 aliphatic carbocycles. The third-order valence-corrected chi connectivity index (χ3v) is 5.24. The number of ether oxygens (including phenoxy) is 2. The monoisotopic (exact) mass is 446 g/mol. The van der Waals surface area contributed by atoms with Crippen LogP contribution in [0.5, 0.6) is 5.75 Å². The lowest BCUT2D eigenvalue weighted by Gasteiger charge is -2.23. The van der Waals surface area contributed by atoms with Crippen molar-refractivity contribution in [2.75, 3.05) is 20.3 Å². The molecule has 1 atom stereocenters. The second-order valence-corrected chi connectivity index (χ2v) is 7.21. The number of amides is 3. The highest BCUT2D eigenvalue weighted by Crippen LogP contribution is 2.33. The van der Waals surface area contributed by atoms with Gasteiger partial charge in [-0.25, -0.2) is 9.59 Å². The van der Waals surface area contributed by atoms with Crippen LogP contribution in [0.15, 0.2) is 53.0 Å². The van der Waals surface area contributed by atoms with Gasteiger partial charge in [-0.1, -0.05) is 34.1 Å². The first-order valence-electron chi connectivity index (χ1n) is 8.57. The van der Waals surface area contributed by atoms with Gasteiger partial charge < -0.3 is 14.8 Å². The number of esters is 1. The van der Waals surface area contributed by atoms with Gasteiger partial charge >= 0.3 is 12.0 Å². The lowest BCUT2D eigenvalue weighted by atomic mass is 9.92. The number of methoxy groups -OCH3 is 1. The van der Waals surface area contributed by atoms with Crippen LogP contribution in [0, 0.1) is 0 Å². The van der Waals surface area contributed by atoms with Crippen LogP contribution >= 0.6 is 15.9 Å². The first-order valence-corrected chi connectivity index (χ1v) is 9.36. The Labute approximate surface area is 170 Å². The molecule has 8 heteroatoms. The van der Waals surface area contributed by atoms with Crippen molar-refractivity contribution < 1.29 is 23.9 Å².